The molecule has 0 aliphatic heterocycles. The van der Waals surface area contributed by atoms with Gasteiger partial charge in [-0.1, -0.05) is 13.8 Å². The van der Waals surface area contributed by atoms with Gasteiger partial charge in [-0.15, -0.1) is 0 Å². The van der Waals surface area contributed by atoms with Crippen molar-refractivity contribution in [1.82, 2.24) is 9.97 Å². The van der Waals surface area contributed by atoms with Gasteiger partial charge in [-0.05, 0) is 36.8 Å². The number of hydrogen-bond acceptors (Lipinski definition) is 4. The minimum atomic E-state index is 0.268. The lowest BCUT2D eigenvalue weighted by Gasteiger charge is -2.25. The largest absolute Gasteiger partial charge is 0.394 e. The zero-order valence-electron chi connectivity index (χ0n) is 10.4. The second-order valence-electron chi connectivity index (χ2n) is 5.03. The Balaban J connectivity index is 2.16. The van der Waals surface area contributed by atoms with Crippen LogP contribution in [0.5, 0.6) is 0 Å². The molecule has 17 heavy (non-hydrogen) atoms. The Kier molecular flexibility index (Phi) is 3.72. The molecule has 0 amide bonds. The average molecular weight is 255 g/mol. The van der Waals surface area contributed by atoms with Crippen molar-refractivity contribution < 1.29 is 0 Å². The zero-order chi connectivity index (χ0) is 12.4. The molecule has 0 unspecified atom stereocenters. The van der Waals surface area contributed by atoms with E-state index in [0.717, 1.165) is 18.8 Å². The maximum atomic E-state index is 5.94. The highest BCUT2D eigenvalue weighted by Gasteiger charge is 2.31. The van der Waals surface area contributed by atoms with Crippen molar-refractivity contribution >= 4 is 23.1 Å². The number of rotatable bonds is 5. The second-order valence-corrected chi connectivity index (χ2v) is 5.36. The van der Waals surface area contributed by atoms with Crippen molar-refractivity contribution in [3.63, 3.8) is 0 Å². The molecule has 1 aromatic rings. The quantitative estimate of drug-likeness (QED) is 0.821. The summed E-state index contributed by atoms with van der Waals surface area (Å²) in [6.45, 7) is 5.43. The zero-order valence-corrected chi connectivity index (χ0v) is 11.1. The van der Waals surface area contributed by atoms with Crippen LogP contribution in [-0.2, 0) is 0 Å². The molecule has 0 radical (unpaired) electrons. The molecule has 1 saturated carbocycles. The standard InChI is InChI=1S/C12H19ClN4/c1-8(2)5-6-17(9-3-4-9)11-10(14)7-15-12(13)16-11/h7-9H,3-6,14H2,1-2H3. The van der Waals surface area contributed by atoms with E-state index in [4.69, 9.17) is 17.3 Å². The topological polar surface area (TPSA) is 55.0 Å². The van der Waals surface area contributed by atoms with E-state index in [1.807, 2.05) is 0 Å². The Hall–Kier alpha value is -1.03. The first-order valence-electron chi connectivity index (χ1n) is 6.12. The van der Waals surface area contributed by atoms with Crippen molar-refractivity contribution in [3.05, 3.63) is 11.5 Å². The fourth-order valence-corrected chi connectivity index (χ4v) is 1.97. The maximum absolute atomic E-state index is 5.94. The number of nitrogens with two attached hydrogens (primary N) is 1. The predicted octanol–water partition coefficient (Wildman–Crippen LogP) is 2.73. The van der Waals surface area contributed by atoms with Gasteiger partial charge in [0.2, 0.25) is 5.28 Å². The van der Waals surface area contributed by atoms with Crippen LogP contribution in [0.3, 0.4) is 0 Å². The summed E-state index contributed by atoms with van der Waals surface area (Å²) in [4.78, 5) is 10.4. The number of halogens is 1. The Morgan fingerprint density at radius 1 is 1.53 bits per heavy atom. The van der Waals surface area contributed by atoms with Crippen molar-refractivity contribution in [1.29, 1.82) is 0 Å². The summed E-state index contributed by atoms with van der Waals surface area (Å²) in [5.74, 6) is 1.47. The lowest BCUT2D eigenvalue weighted by atomic mass is 10.1. The van der Waals surface area contributed by atoms with Crippen molar-refractivity contribution in [2.75, 3.05) is 17.2 Å². The van der Waals surface area contributed by atoms with Crippen LogP contribution in [0, 0.1) is 5.92 Å². The van der Waals surface area contributed by atoms with Gasteiger partial charge in [-0.3, -0.25) is 0 Å². The van der Waals surface area contributed by atoms with Crippen LogP contribution in [-0.4, -0.2) is 22.6 Å². The van der Waals surface area contributed by atoms with Crippen LogP contribution in [0.4, 0.5) is 11.5 Å². The lowest BCUT2D eigenvalue weighted by molar-refractivity contribution is 0.568. The number of anilines is 2. The van der Waals surface area contributed by atoms with E-state index >= 15 is 0 Å². The third-order valence-corrected chi connectivity index (χ3v) is 3.16. The molecule has 0 spiro atoms. The molecule has 1 fully saturated rings. The van der Waals surface area contributed by atoms with Gasteiger partial charge in [0.15, 0.2) is 5.82 Å². The van der Waals surface area contributed by atoms with E-state index in [1.165, 1.54) is 12.8 Å². The normalized spacial score (nSPS) is 15.3. The van der Waals surface area contributed by atoms with Gasteiger partial charge >= 0.3 is 0 Å². The Morgan fingerprint density at radius 3 is 2.82 bits per heavy atom. The summed E-state index contributed by atoms with van der Waals surface area (Å²) >= 11 is 5.84. The van der Waals surface area contributed by atoms with E-state index in [2.05, 4.69) is 28.7 Å². The van der Waals surface area contributed by atoms with Gasteiger partial charge in [0.25, 0.3) is 0 Å². The summed E-state index contributed by atoms with van der Waals surface area (Å²) in [5, 5.41) is 0.268. The minimum Gasteiger partial charge on any atom is -0.394 e. The summed E-state index contributed by atoms with van der Waals surface area (Å²) in [5.41, 5.74) is 6.55. The highest BCUT2D eigenvalue weighted by atomic mass is 35.5. The molecule has 0 saturated heterocycles. The van der Waals surface area contributed by atoms with Gasteiger partial charge in [-0.25, -0.2) is 4.98 Å². The van der Waals surface area contributed by atoms with Gasteiger partial charge in [-0.2, -0.15) is 4.98 Å². The molecular formula is C12H19ClN4. The average Bonchev–Trinajstić information content (AvgIpc) is 3.07. The van der Waals surface area contributed by atoms with E-state index < -0.39 is 0 Å². The van der Waals surface area contributed by atoms with Crippen LogP contribution in [0.2, 0.25) is 5.28 Å². The summed E-state index contributed by atoms with van der Waals surface area (Å²) in [7, 11) is 0. The highest BCUT2D eigenvalue weighted by Crippen LogP contribution is 2.34. The van der Waals surface area contributed by atoms with E-state index in [9.17, 15) is 0 Å². The Bertz CT molecular complexity index is 390. The van der Waals surface area contributed by atoms with E-state index in [-0.39, 0.29) is 5.28 Å². The molecule has 1 aliphatic rings. The smallest absolute Gasteiger partial charge is 0.224 e. The first-order valence-corrected chi connectivity index (χ1v) is 6.50. The first kappa shape index (κ1) is 12.4. The number of nitrogens with zero attached hydrogens (tertiary/aromatic N) is 3. The fraction of sp³-hybridized carbons (Fsp3) is 0.667. The van der Waals surface area contributed by atoms with E-state index in [0.29, 0.717) is 17.6 Å². The Labute approximate surface area is 107 Å². The molecule has 4 nitrogen and oxygen atoms in total. The fourth-order valence-electron chi connectivity index (χ4n) is 1.84. The molecule has 0 bridgehead atoms. The number of nitrogen functional groups attached to an aromatic ring is 1. The molecule has 2 rings (SSSR count). The van der Waals surface area contributed by atoms with Gasteiger partial charge in [0, 0.05) is 12.6 Å². The van der Waals surface area contributed by atoms with Crippen LogP contribution >= 0.6 is 11.6 Å². The molecular weight excluding hydrogens is 236 g/mol. The third-order valence-electron chi connectivity index (χ3n) is 2.97. The van der Waals surface area contributed by atoms with Crippen molar-refractivity contribution in [3.8, 4) is 0 Å². The SMILES string of the molecule is CC(C)CCN(c1nc(Cl)ncc1N)C1CC1. The summed E-state index contributed by atoms with van der Waals surface area (Å²) in [6.07, 6.45) is 5.17. The molecule has 1 heterocycles. The molecule has 0 aromatic carbocycles. The van der Waals surface area contributed by atoms with Crippen molar-refractivity contribution in [2.24, 2.45) is 5.92 Å². The van der Waals surface area contributed by atoms with Crippen LogP contribution < -0.4 is 10.6 Å². The van der Waals surface area contributed by atoms with Crippen LogP contribution in [0.15, 0.2) is 6.20 Å². The summed E-state index contributed by atoms with van der Waals surface area (Å²) < 4.78 is 0. The van der Waals surface area contributed by atoms with E-state index in [1.54, 1.807) is 6.20 Å². The second kappa shape index (κ2) is 5.08. The molecule has 0 atom stereocenters. The molecule has 5 heteroatoms. The monoisotopic (exact) mass is 254 g/mol. The first-order chi connectivity index (χ1) is 8.08. The van der Waals surface area contributed by atoms with Gasteiger partial charge in [0.05, 0.1) is 11.9 Å². The minimum absolute atomic E-state index is 0.268. The highest BCUT2D eigenvalue weighted by molar-refractivity contribution is 6.28. The number of hydrogen-bond donors (Lipinski definition) is 1. The molecule has 2 N–H and O–H groups in total. The molecule has 94 valence electrons. The van der Waals surface area contributed by atoms with Gasteiger partial charge < -0.3 is 10.6 Å². The summed E-state index contributed by atoms with van der Waals surface area (Å²) in [6, 6.07) is 0.585. The Morgan fingerprint density at radius 2 is 2.24 bits per heavy atom. The molecule has 1 aromatic heterocycles. The van der Waals surface area contributed by atoms with Gasteiger partial charge in [0.1, 0.15) is 0 Å². The van der Waals surface area contributed by atoms with Crippen LogP contribution in [0.25, 0.3) is 0 Å². The molecule has 1 aliphatic carbocycles. The number of aromatic nitrogens is 2. The van der Waals surface area contributed by atoms with Crippen LogP contribution in [0.1, 0.15) is 33.1 Å². The van der Waals surface area contributed by atoms with Crippen molar-refractivity contribution in [2.45, 2.75) is 39.2 Å². The third kappa shape index (κ3) is 3.22. The maximum Gasteiger partial charge on any atom is 0.224 e. The lowest BCUT2D eigenvalue weighted by Crippen LogP contribution is -2.29. The predicted molar refractivity (Wildman–Crippen MR) is 71.3 cm³/mol.